The molecule has 0 saturated carbocycles. The quantitative estimate of drug-likeness (QED) is 0.648. The van der Waals surface area contributed by atoms with Crippen LogP contribution in [0.4, 0.5) is 0 Å². The van der Waals surface area contributed by atoms with Crippen LogP contribution in [0.1, 0.15) is 12.5 Å². The number of nitrogens with two attached hydrogens (primary N) is 1. The molecule has 2 unspecified atom stereocenters. The van der Waals surface area contributed by atoms with Crippen molar-refractivity contribution in [3.8, 4) is 0 Å². The van der Waals surface area contributed by atoms with Gasteiger partial charge in [-0.05, 0) is 12.5 Å². The van der Waals surface area contributed by atoms with E-state index in [4.69, 9.17) is 10.5 Å². The van der Waals surface area contributed by atoms with Crippen molar-refractivity contribution in [2.45, 2.75) is 18.5 Å². The molecule has 66 valence electrons. The molecule has 4 nitrogen and oxygen atoms in total. The molecule has 2 heterocycles. The van der Waals surface area contributed by atoms with Crippen molar-refractivity contribution in [2.24, 2.45) is 5.73 Å². The SMILES string of the molecule is NC1CCOCC1n1cccn1. The third-order valence-electron chi connectivity index (χ3n) is 2.24. The first-order valence-corrected chi connectivity index (χ1v) is 4.20. The predicted octanol–water partition coefficient (Wildman–Crippen LogP) is 0.172. The molecule has 2 atom stereocenters. The summed E-state index contributed by atoms with van der Waals surface area (Å²) in [5.74, 6) is 0. The second-order valence-electron chi connectivity index (χ2n) is 3.08. The maximum Gasteiger partial charge on any atom is 0.0903 e. The van der Waals surface area contributed by atoms with E-state index in [1.165, 1.54) is 0 Å². The molecule has 1 aliphatic rings. The second-order valence-corrected chi connectivity index (χ2v) is 3.08. The van der Waals surface area contributed by atoms with Crippen LogP contribution in [0.2, 0.25) is 0 Å². The highest BCUT2D eigenvalue weighted by molar-refractivity contribution is 4.87. The molecule has 0 spiro atoms. The van der Waals surface area contributed by atoms with Gasteiger partial charge in [0.05, 0.1) is 12.6 Å². The van der Waals surface area contributed by atoms with Gasteiger partial charge in [-0.1, -0.05) is 0 Å². The lowest BCUT2D eigenvalue weighted by Crippen LogP contribution is -2.40. The molecular weight excluding hydrogens is 154 g/mol. The smallest absolute Gasteiger partial charge is 0.0903 e. The Kier molecular flexibility index (Phi) is 2.10. The zero-order valence-electron chi connectivity index (χ0n) is 6.89. The molecule has 12 heavy (non-hydrogen) atoms. The van der Waals surface area contributed by atoms with Gasteiger partial charge < -0.3 is 10.5 Å². The molecule has 1 saturated heterocycles. The molecule has 0 amide bonds. The van der Waals surface area contributed by atoms with Gasteiger partial charge in [-0.3, -0.25) is 4.68 Å². The minimum absolute atomic E-state index is 0.179. The number of nitrogens with zero attached hydrogens (tertiary/aromatic N) is 2. The number of aromatic nitrogens is 2. The summed E-state index contributed by atoms with van der Waals surface area (Å²) in [4.78, 5) is 0. The van der Waals surface area contributed by atoms with Gasteiger partial charge >= 0.3 is 0 Å². The Hall–Kier alpha value is -0.870. The number of ether oxygens (including phenoxy) is 1. The Morgan fingerprint density at radius 3 is 3.17 bits per heavy atom. The minimum Gasteiger partial charge on any atom is -0.379 e. The molecule has 4 heteroatoms. The summed E-state index contributed by atoms with van der Waals surface area (Å²) in [5, 5.41) is 4.15. The molecule has 1 aromatic rings. The Morgan fingerprint density at radius 2 is 2.50 bits per heavy atom. The first-order chi connectivity index (χ1) is 5.88. The summed E-state index contributed by atoms with van der Waals surface area (Å²) in [6, 6.07) is 2.30. The number of rotatable bonds is 1. The Balaban J connectivity index is 2.11. The highest BCUT2D eigenvalue weighted by Gasteiger charge is 2.23. The lowest BCUT2D eigenvalue weighted by molar-refractivity contribution is 0.0425. The highest BCUT2D eigenvalue weighted by atomic mass is 16.5. The van der Waals surface area contributed by atoms with Crippen LogP contribution in [-0.2, 0) is 4.74 Å². The topological polar surface area (TPSA) is 53.1 Å². The molecule has 2 rings (SSSR count). The molecule has 1 aliphatic heterocycles. The molecule has 0 aliphatic carbocycles. The molecule has 0 bridgehead atoms. The van der Waals surface area contributed by atoms with E-state index in [9.17, 15) is 0 Å². The standard InChI is InChI=1S/C8H13N3O/c9-7-2-5-12-6-8(7)11-4-1-3-10-11/h1,3-4,7-8H,2,5-6,9H2. The van der Waals surface area contributed by atoms with Crippen LogP contribution in [0.3, 0.4) is 0 Å². The molecule has 0 radical (unpaired) electrons. The molecule has 2 N–H and O–H groups in total. The fraction of sp³-hybridized carbons (Fsp3) is 0.625. The van der Waals surface area contributed by atoms with E-state index in [1.54, 1.807) is 6.20 Å². The fourth-order valence-corrected chi connectivity index (χ4v) is 1.49. The van der Waals surface area contributed by atoms with Gasteiger partial charge in [0.2, 0.25) is 0 Å². The molecule has 0 aromatic carbocycles. The van der Waals surface area contributed by atoms with E-state index in [1.807, 2.05) is 16.9 Å². The van der Waals surface area contributed by atoms with Crippen molar-refractivity contribution < 1.29 is 4.74 Å². The third-order valence-corrected chi connectivity index (χ3v) is 2.24. The molecular formula is C8H13N3O. The van der Waals surface area contributed by atoms with E-state index in [0.29, 0.717) is 6.61 Å². The largest absolute Gasteiger partial charge is 0.379 e. The molecule has 1 fully saturated rings. The lowest BCUT2D eigenvalue weighted by atomic mass is 10.1. The zero-order chi connectivity index (χ0) is 8.39. The van der Waals surface area contributed by atoms with Crippen molar-refractivity contribution in [2.75, 3.05) is 13.2 Å². The van der Waals surface area contributed by atoms with Crippen molar-refractivity contribution in [1.82, 2.24) is 9.78 Å². The second kappa shape index (κ2) is 3.25. The summed E-state index contributed by atoms with van der Waals surface area (Å²) in [5.41, 5.74) is 5.93. The van der Waals surface area contributed by atoms with Gasteiger partial charge in [-0.2, -0.15) is 5.10 Å². The summed E-state index contributed by atoms with van der Waals surface area (Å²) >= 11 is 0. The first kappa shape index (κ1) is 7.76. The molecule has 1 aromatic heterocycles. The van der Waals surface area contributed by atoms with Crippen LogP contribution in [0.15, 0.2) is 18.5 Å². The summed E-state index contributed by atoms with van der Waals surface area (Å²) in [6.45, 7) is 1.46. The van der Waals surface area contributed by atoms with Crippen LogP contribution in [0.25, 0.3) is 0 Å². The van der Waals surface area contributed by atoms with Crippen LogP contribution >= 0.6 is 0 Å². The Bertz CT molecular complexity index is 234. The van der Waals surface area contributed by atoms with E-state index in [-0.39, 0.29) is 12.1 Å². The monoisotopic (exact) mass is 167 g/mol. The highest BCUT2D eigenvalue weighted by Crippen LogP contribution is 2.16. The fourth-order valence-electron chi connectivity index (χ4n) is 1.49. The lowest BCUT2D eigenvalue weighted by Gasteiger charge is -2.28. The first-order valence-electron chi connectivity index (χ1n) is 4.20. The van der Waals surface area contributed by atoms with Crippen molar-refractivity contribution >= 4 is 0 Å². The van der Waals surface area contributed by atoms with Gasteiger partial charge in [0.15, 0.2) is 0 Å². The van der Waals surface area contributed by atoms with E-state index < -0.39 is 0 Å². The van der Waals surface area contributed by atoms with Crippen molar-refractivity contribution in [1.29, 1.82) is 0 Å². The Morgan fingerprint density at radius 1 is 1.58 bits per heavy atom. The average molecular weight is 167 g/mol. The third kappa shape index (κ3) is 1.35. The summed E-state index contributed by atoms with van der Waals surface area (Å²) in [6.07, 6.45) is 4.62. The van der Waals surface area contributed by atoms with Gasteiger partial charge in [0, 0.05) is 25.0 Å². The van der Waals surface area contributed by atoms with Gasteiger partial charge in [0.1, 0.15) is 0 Å². The summed E-state index contributed by atoms with van der Waals surface area (Å²) < 4.78 is 7.21. The minimum atomic E-state index is 0.179. The Labute approximate surface area is 71.3 Å². The van der Waals surface area contributed by atoms with Crippen molar-refractivity contribution in [3.05, 3.63) is 18.5 Å². The maximum absolute atomic E-state index is 5.93. The average Bonchev–Trinajstić information content (AvgIpc) is 2.57. The van der Waals surface area contributed by atoms with E-state index >= 15 is 0 Å². The predicted molar refractivity (Wildman–Crippen MR) is 44.7 cm³/mol. The van der Waals surface area contributed by atoms with E-state index in [0.717, 1.165) is 13.0 Å². The van der Waals surface area contributed by atoms with Crippen LogP contribution < -0.4 is 5.73 Å². The van der Waals surface area contributed by atoms with Gasteiger partial charge in [0.25, 0.3) is 0 Å². The van der Waals surface area contributed by atoms with Gasteiger partial charge in [-0.25, -0.2) is 0 Å². The zero-order valence-corrected chi connectivity index (χ0v) is 6.89. The maximum atomic E-state index is 5.93. The number of hydrogen-bond acceptors (Lipinski definition) is 3. The van der Waals surface area contributed by atoms with Crippen LogP contribution in [0.5, 0.6) is 0 Å². The van der Waals surface area contributed by atoms with Crippen LogP contribution in [0, 0.1) is 0 Å². The van der Waals surface area contributed by atoms with Gasteiger partial charge in [-0.15, -0.1) is 0 Å². The number of hydrogen-bond donors (Lipinski definition) is 1. The summed E-state index contributed by atoms with van der Waals surface area (Å²) in [7, 11) is 0. The van der Waals surface area contributed by atoms with Crippen molar-refractivity contribution in [3.63, 3.8) is 0 Å². The normalized spacial score (nSPS) is 30.4. The van der Waals surface area contributed by atoms with E-state index in [2.05, 4.69) is 5.10 Å². The van der Waals surface area contributed by atoms with Crippen LogP contribution in [-0.4, -0.2) is 29.0 Å².